The molecular formula is C13H16ClN3O2. The zero-order valence-electron chi connectivity index (χ0n) is 10.7. The van der Waals surface area contributed by atoms with Gasteiger partial charge in [-0.05, 0) is 11.6 Å². The summed E-state index contributed by atoms with van der Waals surface area (Å²) in [7, 11) is 1.64. The van der Waals surface area contributed by atoms with Gasteiger partial charge in [-0.25, -0.2) is 0 Å². The summed E-state index contributed by atoms with van der Waals surface area (Å²) in [5.41, 5.74) is 0.986. The summed E-state index contributed by atoms with van der Waals surface area (Å²) in [5.74, 6) is 1.31. The first kappa shape index (κ1) is 14.0. The molecule has 5 nitrogen and oxygen atoms in total. The average molecular weight is 282 g/mol. The minimum Gasteiger partial charge on any atom is -0.388 e. The van der Waals surface area contributed by atoms with Crippen molar-refractivity contribution in [1.29, 1.82) is 0 Å². The number of methoxy groups -OCH3 is 1. The maximum Gasteiger partial charge on any atom is 0.158 e. The van der Waals surface area contributed by atoms with E-state index in [2.05, 4.69) is 10.2 Å². The molecule has 19 heavy (non-hydrogen) atoms. The summed E-state index contributed by atoms with van der Waals surface area (Å²) < 4.78 is 6.93. The van der Waals surface area contributed by atoms with Gasteiger partial charge in [-0.1, -0.05) is 29.8 Å². The number of rotatable bonds is 6. The lowest BCUT2D eigenvalue weighted by Crippen LogP contribution is -2.12. The molecule has 0 radical (unpaired) electrons. The molecule has 0 aliphatic rings. The van der Waals surface area contributed by atoms with Gasteiger partial charge >= 0.3 is 0 Å². The van der Waals surface area contributed by atoms with Crippen LogP contribution in [0.2, 0.25) is 5.02 Å². The zero-order valence-corrected chi connectivity index (χ0v) is 11.5. The van der Waals surface area contributed by atoms with Gasteiger partial charge in [-0.3, -0.25) is 0 Å². The molecule has 0 aliphatic heterocycles. The molecule has 0 aliphatic carbocycles. The van der Waals surface area contributed by atoms with Crippen LogP contribution >= 0.6 is 11.6 Å². The summed E-state index contributed by atoms with van der Waals surface area (Å²) >= 11 is 6.14. The minimum absolute atomic E-state index is 0.140. The van der Waals surface area contributed by atoms with E-state index < -0.39 is 0 Å². The lowest BCUT2D eigenvalue weighted by atomic mass is 10.1. The molecule has 0 fully saturated rings. The molecule has 2 rings (SSSR count). The third kappa shape index (κ3) is 3.32. The SMILES string of the molecule is COCCn1c(CO)nnc1Cc1ccccc1Cl. The summed E-state index contributed by atoms with van der Waals surface area (Å²) in [5, 5.41) is 18.1. The van der Waals surface area contributed by atoms with Crippen molar-refractivity contribution < 1.29 is 9.84 Å². The summed E-state index contributed by atoms with van der Waals surface area (Å²) in [6.07, 6.45) is 0.580. The monoisotopic (exact) mass is 281 g/mol. The van der Waals surface area contributed by atoms with Gasteiger partial charge in [0.1, 0.15) is 12.4 Å². The van der Waals surface area contributed by atoms with E-state index in [4.69, 9.17) is 16.3 Å². The van der Waals surface area contributed by atoms with Crippen LogP contribution in [0, 0.1) is 0 Å². The van der Waals surface area contributed by atoms with Crippen LogP contribution in [0.15, 0.2) is 24.3 Å². The van der Waals surface area contributed by atoms with Crippen LogP contribution < -0.4 is 0 Å². The van der Waals surface area contributed by atoms with Crippen molar-refractivity contribution in [2.24, 2.45) is 0 Å². The number of ether oxygens (including phenoxy) is 1. The highest BCUT2D eigenvalue weighted by Gasteiger charge is 2.12. The number of hydrogen-bond donors (Lipinski definition) is 1. The highest BCUT2D eigenvalue weighted by molar-refractivity contribution is 6.31. The summed E-state index contributed by atoms with van der Waals surface area (Å²) in [6.45, 7) is 1.01. The molecule has 6 heteroatoms. The van der Waals surface area contributed by atoms with Crippen LogP contribution in [0.5, 0.6) is 0 Å². The highest BCUT2D eigenvalue weighted by atomic mass is 35.5. The van der Waals surface area contributed by atoms with Crippen molar-refractivity contribution in [3.05, 3.63) is 46.5 Å². The summed E-state index contributed by atoms with van der Waals surface area (Å²) in [4.78, 5) is 0. The van der Waals surface area contributed by atoms with Crippen molar-refractivity contribution in [3.8, 4) is 0 Å². The van der Waals surface area contributed by atoms with E-state index in [1.807, 2.05) is 28.8 Å². The van der Waals surface area contributed by atoms with Crippen molar-refractivity contribution in [2.45, 2.75) is 19.6 Å². The Labute approximate surface area is 116 Å². The Kier molecular flexibility index (Phi) is 4.90. The first-order valence-electron chi connectivity index (χ1n) is 6.00. The fourth-order valence-electron chi connectivity index (χ4n) is 1.87. The molecule has 0 unspecified atom stereocenters. The van der Waals surface area contributed by atoms with E-state index in [1.54, 1.807) is 7.11 Å². The predicted octanol–water partition coefficient (Wildman–Crippen LogP) is 1.66. The second kappa shape index (κ2) is 6.65. The van der Waals surface area contributed by atoms with Crippen molar-refractivity contribution >= 4 is 11.6 Å². The van der Waals surface area contributed by atoms with Gasteiger partial charge in [0.05, 0.1) is 6.61 Å². The van der Waals surface area contributed by atoms with Crippen LogP contribution in [0.4, 0.5) is 0 Å². The fraction of sp³-hybridized carbons (Fsp3) is 0.385. The molecule has 1 aromatic heterocycles. The minimum atomic E-state index is -0.140. The third-order valence-corrected chi connectivity index (χ3v) is 3.24. The Bertz CT molecular complexity index is 542. The first-order chi connectivity index (χ1) is 9.26. The van der Waals surface area contributed by atoms with Gasteiger partial charge in [-0.15, -0.1) is 10.2 Å². The van der Waals surface area contributed by atoms with Gasteiger partial charge in [-0.2, -0.15) is 0 Å². The van der Waals surface area contributed by atoms with Crippen LogP contribution in [0.3, 0.4) is 0 Å². The normalized spacial score (nSPS) is 10.9. The van der Waals surface area contributed by atoms with Gasteiger partial charge in [0.25, 0.3) is 0 Å². The molecule has 1 aromatic carbocycles. The van der Waals surface area contributed by atoms with E-state index >= 15 is 0 Å². The number of nitrogens with zero attached hydrogens (tertiary/aromatic N) is 3. The molecule has 0 bridgehead atoms. The topological polar surface area (TPSA) is 60.2 Å². The number of aliphatic hydroxyl groups is 1. The largest absolute Gasteiger partial charge is 0.388 e. The summed E-state index contributed by atoms with van der Waals surface area (Å²) in [6, 6.07) is 7.63. The van der Waals surface area contributed by atoms with Gasteiger partial charge in [0.2, 0.25) is 0 Å². The van der Waals surface area contributed by atoms with Crippen molar-refractivity contribution in [3.63, 3.8) is 0 Å². The third-order valence-electron chi connectivity index (χ3n) is 2.87. The zero-order chi connectivity index (χ0) is 13.7. The smallest absolute Gasteiger partial charge is 0.158 e. The molecule has 1 N–H and O–H groups in total. The van der Waals surface area contributed by atoms with Gasteiger partial charge < -0.3 is 14.4 Å². The molecule has 1 heterocycles. The van der Waals surface area contributed by atoms with E-state index in [9.17, 15) is 5.11 Å². The van der Waals surface area contributed by atoms with E-state index in [1.165, 1.54) is 0 Å². The van der Waals surface area contributed by atoms with Gasteiger partial charge in [0.15, 0.2) is 5.82 Å². The lowest BCUT2D eigenvalue weighted by molar-refractivity contribution is 0.181. The molecule has 0 amide bonds. The van der Waals surface area contributed by atoms with Crippen molar-refractivity contribution in [2.75, 3.05) is 13.7 Å². The number of aliphatic hydroxyl groups excluding tert-OH is 1. The van der Waals surface area contributed by atoms with Crippen molar-refractivity contribution in [1.82, 2.24) is 14.8 Å². The molecule has 0 spiro atoms. The average Bonchev–Trinajstić information content (AvgIpc) is 2.81. The maximum atomic E-state index is 9.26. The Morgan fingerprint density at radius 1 is 1.26 bits per heavy atom. The Balaban J connectivity index is 2.24. The Morgan fingerprint density at radius 2 is 2.00 bits per heavy atom. The van der Waals surface area contributed by atoms with E-state index in [-0.39, 0.29) is 6.61 Å². The van der Waals surface area contributed by atoms with Crippen LogP contribution in [-0.2, 0) is 24.3 Å². The molecule has 102 valence electrons. The maximum absolute atomic E-state index is 9.26. The van der Waals surface area contributed by atoms with E-state index in [0.717, 1.165) is 11.4 Å². The molecule has 0 saturated carbocycles. The van der Waals surface area contributed by atoms with Crippen LogP contribution in [-0.4, -0.2) is 33.6 Å². The number of aromatic nitrogens is 3. The molecular weight excluding hydrogens is 266 g/mol. The van der Waals surface area contributed by atoms with Crippen LogP contribution in [0.25, 0.3) is 0 Å². The number of halogens is 1. The lowest BCUT2D eigenvalue weighted by Gasteiger charge is -2.09. The number of benzene rings is 1. The standard InChI is InChI=1S/C13H16ClN3O2/c1-19-7-6-17-12(15-16-13(17)9-18)8-10-4-2-3-5-11(10)14/h2-5,18H,6-9H2,1H3. The molecule has 0 atom stereocenters. The predicted molar refractivity (Wildman–Crippen MR) is 72.1 cm³/mol. The number of hydrogen-bond acceptors (Lipinski definition) is 4. The quantitative estimate of drug-likeness (QED) is 0.875. The Hall–Kier alpha value is -1.43. The highest BCUT2D eigenvalue weighted by Crippen LogP contribution is 2.18. The molecule has 2 aromatic rings. The van der Waals surface area contributed by atoms with E-state index in [0.29, 0.717) is 30.4 Å². The molecule has 0 saturated heterocycles. The second-order valence-corrected chi connectivity index (χ2v) is 4.51. The first-order valence-corrected chi connectivity index (χ1v) is 6.38. The van der Waals surface area contributed by atoms with Gasteiger partial charge in [0, 0.05) is 25.1 Å². The second-order valence-electron chi connectivity index (χ2n) is 4.10. The fourth-order valence-corrected chi connectivity index (χ4v) is 2.08. The Morgan fingerprint density at radius 3 is 2.68 bits per heavy atom. The van der Waals surface area contributed by atoms with Crippen LogP contribution in [0.1, 0.15) is 17.2 Å².